The first-order valence-electron chi connectivity index (χ1n) is 9.89. The van der Waals surface area contributed by atoms with Crippen LogP contribution in [0.25, 0.3) is 0 Å². The number of aromatic nitrogens is 1. The highest BCUT2D eigenvalue weighted by molar-refractivity contribution is 7.91. The lowest BCUT2D eigenvalue weighted by Crippen LogP contribution is -2.43. The molecule has 0 aliphatic carbocycles. The van der Waals surface area contributed by atoms with E-state index in [0.29, 0.717) is 18.4 Å². The summed E-state index contributed by atoms with van der Waals surface area (Å²) in [6, 6.07) is 7.56. The third-order valence-corrected chi connectivity index (χ3v) is 8.11. The molecule has 28 heavy (non-hydrogen) atoms. The van der Waals surface area contributed by atoms with Crippen molar-refractivity contribution in [2.75, 3.05) is 5.75 Å². The number of fused-ring (bicyclic) bond motifs is 1. The molecular formula is C22H29FNO3S+. The van der Waals surface area contributed by atoms with Gasteiger partial charge in [-0.3, -0.25) is 0 Å². The van der Waals surface area contributed by atoms with Crippen LogP contribution in [0.4, 0.5) is 4.39 Å². The number of sulfone groups is 1. The van der Waals surface area contributed by atoms with Gasteiger partial charge in [0.15, 0.2) is 22.2 Å². The minimum atomic E-state index is -3.66. The van der Waals surface area contributed by atoms with Crippen LogP contribution in [-0.2, 0) is 16.9 Å². The van der Waals surface area contributed by atoms with E-state index in [0.717, 1.165) is 18.4 Å². The first kappa shape index (κ1) is 20.9. The summed E-state index contributed by atoms with van der Waals surface area (Å²) in [7, 11) is -1.79. The van der Waals surface area contributed by atoms with Crippen LogP contribution in [0, 0.1) is 11.2 Å². The molecule has 0 fully saturated rings. The fourth-order valence-electron chi connectivity index (χ4n) is 4.50. The molecule has 4 nitrogen and oxygen atoms in total. The van der Waals surface area contributed by atoms with Gasteiger partial charge in [-0.15, -0.1) is 0 Å². The molecule has 1 aliphatic heterocycles. The maximum absolute atomic E-state index is 14.2. The highest BCUT2D eigenvalue weighted by atomic mass is 32.2. The molecule has 1 aliphatic rings. The SMILES string of the molecule is CCCCC1(CC)CS(=O)(=O)c2ccc(F)cc2[C@@H](c2ccc[n+](C)c2)[C@H]1O. The third kappa shape index (κ3) is 3.72. The van der Waals surface area contributed by atoms with E-state index in [9.17, 15) is 17.9 Å². The second kappa shape index (κ2) is 7.91. The van der Waals surface area contributed by atoms with Crippen molar-refractivity contribution in [3.63, 3.8) is 0 Å². The molecular weight excluding hydrogens is 377 g/mol. The molecule has 1 unspecified atom stereocenters. The quantitative estimate of drug-likeness (QED) is 0.611. The molecule has 0 saturated heterocycles. The van der Waals surface area contributed by atoms with Gasteiger partial charge in [-0.05, 0) is 42.7 Å². The van der Waals surface area contributed by atoms with Gasteiger partial charge in [-0.2, -0.15) is 0 Å². The van der Waals surface area contributed by atoms with Gasteiger partial charge in [0.2, 0.25) is 0 Å². The molecule has 152 valence electrons. The van der Waals surface area contributed by atoms with E-state index in [4.69, 9.17) is 0 Å². The van der Waals surface area contributed by atoms with E-state index in [2.05, 4.69) is 6.92 Å². The Hall–Kier alpha value is -1.79. The van der Waals surface area contributed by atoms with Crippen LogP contribution in [0.5, 0.6) is 0 Å². The maximum Gasteiger partial charge on any atom is 0.179 e. The molecule has 0 radical (unpaired) electrons. The predicted molar refractivity (Wildman–Crippen MR) is 106 cm³/mol. The number of pyridine rings is 1. The second-order valence-corrected chi connectivity index (χ2v) is 9.94. The van der Waals surface area contributed by atoms with Crippen molar-refractivity contribution in [1.82, 2.24) is 0 Å². The summed E-state index contributed by atoms with van der Waals surface area (Å²) in [4.78, 5) is 0.135. The Morgan fingerprint density at radius 2 is 2.04 bits per heavy atom. The van der Waals surface area contributed by atoms with Crippen LogP contribution < -0.4 is 4.57 Å². The zero-order valence-electron chi connectivity index (χ0n) is 16.7. The van der Waals surface area contributed by atoms with Gasteiger partial charge in [0.25, 0.3) is 0 Å². The Morgan fingerprint density at radius 3 is 2.68 bits per heavy atom. The Balaban J connectivity index is 2.30. The van der Waals surface area contributed by atoms with E-state index in [1.54, 1.807) is 0 Å². The van der Waals surface area contributed by atoms with Crippen molar-refractivity contribution in [2.24, 2.45) is 12.5 Å². The van der Waals surface area contributed by atoms with Crippen molar-refractivity contribution < 1.29 is 22.5 Å². The fraction of sp³-hybridized carbons (Fsp3) is 0.500. The number of aliphatic hydroxyl groups is 1. The van der Waals surface area contributed by atoms with Crippen LogP contribution in [0.2, 0.25) is 0 Å². The van der Waals surface area contributed by atoms with Crippen molar-refractivity contribution in [1.29, 1.82) is 0 Å². The molecule has 3 rings (SSSR count). The lowest BCUT2D eigenvalue weighted by molar-refractivity contribution is -0.672. The molecule has 0 spiro atoms. The summed E-state index contributed by atoms with van der Waals surface area (Å²) in [6.45, 7) is 3.99. The van der Waals surface area contributed by atoms with E-state index in [-0.39, 0.29) is 10.6 Å². The fourth-order valence-corrected chi connectivity index (χ4v) is 6.76. The molecule has 1 aromatic heterocycles. The average Bonchev–Trinajstić information content (AvgIpc) is 2.71. The first-order valence-corrected chi connectivity index (χ1v) is 11.5. The van der Waals surface area contributed by atoms with Gasteiger partial charge < -0.3 is 5.11 Å². The molecule has 0 saturated carbocycles. The van der Waals surface area contributed by atoms with Gasteiger partial charge in [0.05, 0.1) is 16.8 Å². The highest BCUT2D eigenvalue weighted by Gasteiger charge is 2.49. The molecule has 1 N–H and O–H groups in total. The number of nitrogens with zero attached hydrogens (tertiary/aromatic N) is 1. The zero-order valence-corrected chi connectivity index (χ0v) is 17.5. The number of rotatable bonds is 5. The Kier molecular flexibility index (Phi) is 5.92. The number of hydrogen-bond donors (Lipinski definition) is 1. The summed E-state index contributed by atoms with van der Waals surface area (Å²) < 4.78 is 42.6. The second-order valence-electron chi connectivity index (χ2n) is 7.99. The van der Waals surface area contributed by atoms with E-state index >= 15 is 0 Å². The average molecular weight is 407 g/mol. The normalized spacial score (nSPS) is 26.5. The summed E-state index contributed by atoms with van der Waals surface area (Å²) in [5, 5.41) is 11.6. The predicted octanol–water partition coefficient (Wildman–Crippen LogP) is 3.52. The lowest BCUT2D eigenvalue weighted by Gasteiger charge is -2.39. The Bertz CT molecular complexity index is 960. The minimum absolute atomic E-state index is 0.119. The van der Waals surface area contributed by atoms with Crippen LogP contribution in [-0.4, -0.2) is 25.4 Å². The van der Waals surface area contributed by atoms with Crippen molar-refractivity contribution >= 4 is 9.84 Å². The van der Waals surface area contributed by atoms with Crippen LogP contribution >= 0.6 is 0 Å². The van der Waals surface area contributed by atoms with Gasteiger partial charge in [-0.1, -0.05) is 26.7 Å². The molecule has 3 atom stereocenters. The monoisotopic (exact) mass is 406 g/mol. The maximum atomic E-state index is 14.2. The summed E-state index contributed by atoms with van der Waals surface area (Å²) in [5.41, 5.74) is 0.366. The Labute approximate surface area is 167 Å². The number of aryl methyl sites for hydroxylation is 1. The van der Waals surface area contributed by atoms with Gasteiger partial charge >= 0.3 is 0 Å². The number of halogens is 1. The van der Waals surface area contributed by atoms with Gasteiger partial charge in [0.1, 0.15) is 12.9 Å². The molecule has 0 amide bonds. The summed E-state index contributed by atoms with van der Waals surface area (Å²) in [5.74, 6) is -1.22. The zero-order chi connectivity index (χ0) is 20.5. The Morgan fingerprint density at radius 1 is 1.29 bits per heavy atom. The van der Waals surface area contributed by atoms with Gasteiger partial charge in [-0.25, -0.2) is 17.4 Å². The van der Waals surface area contributed by atoms with E-state index in [1.165, 1.54) is 18.2 Å². The summed E-state index contributed by atoms with van der Waals surface area (Å²) >= 11 is 0. The molecule has 2 aromatic rings. The topological polar surface area (TPSA) is 58.2 Å². The van der Waals surface area contributed by atoms with Crippen molar-refractivity contribution in [2.45, 2.75) is 56.4 Å². The largest absolute Gasteiger partial charge is 0.392 e. The lowest BCUT2D eigenvalue weighted by atomic mass is 9.69. The standard InChI is InChI=1S/C22H29FNO3S/c1-4-6-11-22(5-2)15-28(26,27)19-10-9-17(23)13-18(19)20(21(22)25)16-8-7-12-24(3)14-16/h7-10,12-14,20-21,25H,4-6,11,15H2,1-3H3/q+1/t20-,21-,22?/m1/s1. The molecule has 2 heterocycles. The van der Waals surface area contributed by atoms with E-state index in [1.807, 2.05) is 43.1 Å². The van der Waals surface area contributed by atoms with Crippen molar-refractivity contribution in [3.05, 3.63) is 59.7 Å². The van der Waals surface area contributed by atoms with Crippen molar-refractivity contribution in [3.8, 4) is 0 Å². The van der Waals surface area contributed by atoms with Crippen LogP contribution in [0.1, 0.15) is 56.6 Å². The molecule has 1 aromatic carbocycles. The van der Waals surface area contributed by atoms with Crippen LogP contribution in [0.15, 0.2) is 47.6 Å². The highest BCUT2D eigenvalue weighted by Crippen LogP contribution is 2.48. The van der Waals surface area contributed by atoms with Crippen LogP contribution in [0.3, 0.4) is 0 Å². The number of hydrogen-bond acceptors (Lipinski definition) is 3. The number of unbranched alkanes of at least 4 members (excludes halogenated alkanes) is 1. The molecule has 6 heteroatoms. The summed E-state index contributed by atoms with van der Waals surface area (Å²) in [6.07, 6.45) is 5.73. The van der Waals surface area contributed by atoms with E-state index < -0.39 is 33.1 Å². The number of benzene rings is 1. The van der Waals surface area contributed by atoms with Gasteiger partial charge in [0, 0.05) is 23.0 Å². The first-order chi connectivity index (χ1) is 13.2. The minimum Gasteiger partial charge on any atom is -0.392 e. The number of aliphatic hydroxyl groups excluding tert-OH is 1. The third-order valence-electron chi connectivity index (χ3n) is 6.12. The molecule has 0 bridgehead atoms. The smallest absolute Gasteiger partial charge is 0.179 e.